The van der Waals surface area contributed by atoms with E-state index in [9.17, 15) is 4.79 Å². The molecule has 0 spiro atoms. The summed E-state index contributed by atoms with van der Waals surface area (Å²) >= 11 is 0. The van der Waals surface area contributed by atoms with Crippen molar-refractivity contribution >= 4 is 22.8 Å². The number of nitrogens with zero attached hydrogens (tertiary/aromatic N) is 3. The zero-order valence-electron chi connectivity index (χ0n) is 17.6. The molecule has 0 unspecified atom stereocenters. The fraction of sp³-hybridized carbons (Fsp3) is 0.375. The number of nitrogens with one attached hydrogen (secondary N) is 1. The van der Waals surface area contributed by atoms with Crippen molar-refractivity contribution in [2.75, 3.05) is 31.1 Å². The number of hydrogen-bond donors (Lipinski definition) is 1. The van der Waals surface area contributed by atoms with Crippen molar-refractivity contribution in [2.24, 2.45) is 5.92 Å². The monoisotopic (exact) mass is 404 g/mol. The van der Waals surface area contributed by atoms with Gasteiger partial charge in [-0.25, -0.2) is 4.98 Å². The van der Waals surface area contributed by atoms with Gasteiger partial charge < -0.3 is 15.0 Å². The van der Waals surface area contributed by atoms with Crippen LogP contribution >= 0.6 is 0 Å². The number of carbonyl (C=O) groups excluding carboxylic acids is 1. The Balaban J connectivity index is 1.22. The van der Waals surface area contributed by atoms with Crippen LogP contribution in [0.5, 0.6) is 5.75 Å². The molecule has 0 bridgehead atoms. The van der Waals surface area contributed by atoms with Crippen LogP contribution in [0.1, 0.15) is 24.0 Å². The van der Waals surface area contributed by atoms with Crippen molar-refractivity contribution in [3.63, 3.8) is 0 Å². The van der Waals surface area contributed by atoms with Crippen LogP contribution in [0.2, 0.25) is 0 Å². The molecular formula is C24H28N4O2. The summed E-state index contributed by atoms with van der Waals surface area (Å²) in [4.78, 5) is 23.7. The number of fused-ring (bicyclic) bond motifs is 1. The highest BCUT2D eigenvalue weighted by Gasteiger charge is 2.21. The summed E-state index contributed by atoms with van der Waals surface area (Å²) in [6.45, 7) is 6.63. The first kappa shape index (κ1) is 20.1. The Kier molecular flexibility index (Phi) is 6.12. The van der Waals surface area contributed by atoms with Gasteiger partial charge in [-0.15, -0.1) is 0 Å². The number of anilines is 1. The predicted molar refractivity (Wildman–Crippen MR) is 119 cm³/mol. The van der Waals surface area contributed by atoms with E-state index in [1.807, 2.05) is 62.5 Å². The number of aryl methyl sites for hydroxylation is 1. The SMILES string of the molecule is Cc1cccc(OCC(=O)NCC2CCN(c3cnc4ccccc4n3)CC2)c1C. The molecule has 1 aromatic heterocycles. The molecule has 1 aliphatic heterocycles. The molecule has 1 saturated heterocycles. The Labute approximate surface area is 177 Å². The molecule has 3 aromatic rings. The Bertz CT molecular complexity index is 1030. The fourth-order valence-electron chi connectivity index (χ4n) is 3.80. The number of piperidine rings is 1. The van der Waals surface area contributed by atoms with E-state index in [4.69, 9.17) is 9.72 Å². The van der Waals surface area contributed by atoms with Crippen LogP contribution in [0, 0.1) is 19.8 Å². The minimum Gasteiger partial charge on any atom is -0.483 e. The minimum atomic E-state index is -0.0706. The summed E-state index contributed by atoms with van der Waals surface area (Å²) in [5.74, 6) is 2.10. The molecule has 0 atom stereocenters. The van der Waals surface area contributed by atoms with Gasteiger partial charge in [0, 0.05) is 19.6 Å². The van der Waals surface area contributed by atoms with Gasteiger partial charge >= 0.3 is 0 Å². The lowest BCUT2D eigenvalue weighted by Gasteiger charge is -2.32. The Morgan fingerprint density at radius 1 is 1.10 bits per heavy atom. The van der Waals surface area contributed by atoms with Crippen LogP contribution in [-0.2, 0) is 4.79 Å². The molecule has 1 aliphatic rings. The molecule has 1 amide bonds. The predicted octanol–water partition coefficient (Wildman–Crippen LogP) is 3.66. The summed E-state index contributed by atoms with van der Waals surface area (Å²) in [5, 5.41) is 3.03. The molecule has 4 rings (SSSR count). The second kappa shape index (κ2) is 9.11. The van der Waals surface area contributed by atoms with Crippen molar-refractivity contribution in [3.05, 3.63) is 59.8 Å². The van der Waals surface area contributed by atoms with Crippen molar-refractivity contribution in [1.29, 1.82) is 0 Å². The number of amides is 1. The summed E-state index contributed by atoms with van der Waals surface area (Å²) < 4.78 is 5.69. The summed E-state index contributed by atoms with van der Waals surface area (Å²) in [6.07, 6.45) is 3.90. The third kappa shape index (κ3) is 4.70. The van der Waals surface area contributed by atoms with Crippen LogP contribution < -0.4 is 15.0 Å². The first-order valence-corrected chi connectivity index (χ1v) is 10.5. The molecule has 1 N–H and O–H groups in total. The molecule has 1 fully saturated rings. The van der Waals surface area contributed by atoms with E-state index < -0.39 is 0 Å². The standard InChI is InChI=1S/C24H28N4O2/c1-17-6-5-9-22(18(17)2)30-16-24(29)26-14-19-10-12-28(13-11-19)23-15-25-20-7-3-4-8-21(20)27-23/h3-9,15,19H,10-14,16H2,1-2H3,(H,26,29). The first-order valence-electron chi connectivity index (χ1n) is 10.5. The van der Waals surface area contributed by atoms with Gasteiger partial charge in [0.15, 0.2) is 6.61 Å². The number of ether oxygens (including phenoxy) is 1. The van der Waals surface area contributed by atoms with E-state index in [1.54, 1.807) is 0 Å². The molecule has 30 heavy (non-hydrogen) atoms. The topological polar surface area (TPSA) is 67.3 Å². The lowest BCUT2D eigenvalue weighted by molar-refractivity contribution is -0.123. The van der Waals surface area contributed by atoms with E-state index >= 15 is 0 Å². The Morgan fingerprint density at radius 3 is 2.67 bits per heavy atom. The molecule has 0 saturated carbocycles. The Hall–Kier alpha value is -3.15. The summed E-state index contributed by atoms with van der Waals surface area (Å²) in [6, 6.07) is 13.8. The lowest BCUT2D eigenvalue weighted by atomic mass is 9.97. The van der Waals surface area contributed by atoms with Gasteiger partial charge in [-0.05, 0) is 61.9 Å². The van der Waals surface area contributed by atoms with Crippen LogP contribution in [0.4, 0.5) is 5.82 Å². The van der Waals surface area contributed by atoms with Crippen molar-refractivity contribution < 1.29 is 9.53 Å². The zero-order chi connectivity index (χ0) is 20.9. The number of benzene rings is 2. The van der Waals surface area contributed by atoms with Crippen LogP contribution in [0.15, 0.2) is 48.7 Å². The molecule has 156 valence electrons. The number of rotatable bonds is 6. The fourth-order valence-corrected chi connectivity index (χ4v) is 3.80. The molecular weight excluding hydrogens is 376 g/mol. The second-order valence-corrected chi connectivity index (χ2v) is 7.94. The molecule has 2 aromatic carbocycles. The van der Waals surface area contributed by atoms with Gasteiger partial charge in [0.1, 0.15) is 11.6 Å². The van der Waals surface area contributed by atoms with Crippen molar-refractivity contribution in [1.82, 2.24) is 15.3 Å². The maximum absolute atomic E-state index is 12.2. The van der Waals surface area contributed by atoms with Gasteiger partial charge in [-0.2, -0.15) is 0 Å². The quantitative estimate of drug-likeness (QED) is 0.679. The highest BCUT2D eigenvalue weighted by atomic mass is 16.5. The maximum Gasteiger partial charge on any atom is 0.257 e. The normalized spacial score (nSPS) is 14.7. The molecule has 6 heteroatoms. The molecule has 0 aliphatic carbocycles. The van der Waals surface area contributed by atoms with Gasteiger partial charge in [-0.3, -0.25) is 9.78 Å². The van der Waals surface area contributed by atoms with Crippen molar-refractivity contribution in [3.8, 4) is 5.75 Å². The van der Waals surface area contributed by atoms with E-state index in [0.29, 0.717) is 12.5 Å². The third-order valence-corrected chi connectivity index (χ3v) is 5.88. The number of hydrogen-bond acceptors (Lipinski definition) is 5. The number of carbonyl (C=O) groups is 1. The smallest absolute Gasteiger partial charge is 0.257 e. The summed E-state index contributed by atoms with van der Waals surface area (Å²) in [7, 11) is 0. The summed E-state index contributed by atoms with van der Waals surface area (Å²) in [5.41, 5.74) is 4.08. The van der Waals surface area contributed by atoms with Crippen LogP contribution in [0.25, 0.3) is 11.0 Å². The van der Waals surface area contributed by atoms with E-state index in [1.165, 1.54) is 0 Å². The highest BCUT2D eigenvalue weighted by molar-refractivity contribution is 5.77. The minimum absolute atomic E-state index is 0.0514. The van der Waals surface area contributed by atoms with Gasteiger partial charge in [0.2, 0.25) is 0 Å². The maximum atomic E-state index is 12.2. The molecule has 0 radical (unpaired) electrons. The van der Waals surface area contributed by atoms with Gasteiger partial charge in [0.05, 0.1) is 17.2 Å². The number of para-hydroxylation sites is 2. The highest BCUT2D eigenvalue weighted by Crippen LogP contribution is 2.23. The molecule has 6 nitrogen and oxygen atoms in total. The van der Waals surface area contributed by atoms with Crippen LogP contribution in [0.3, 0.4) is 0 Å². The van der Waals surface area contributed by atoms with Gasteiger partial charge in [0.25, 0.3) is 5.91 Å². The average molecular weight is 405 g/mol. The van der Waals surface area contributed by atoms with E-state index in [-0.39, 0.29) is 12.5 Å². The number of aromatic nitrogens is 2. The van der Waals surface area contributed by atoms with Gasteiger partial charge in [-0.1, -0.05) is 24.3 Å². The zero-order valence-corrected chi connectivity index (χ0v) is 17.6. The average Bonchev–Trinajstić information content (AvgIpc) is 2.78. The van der Waals surface area contributed by atoms with Crippen molar-refractivity contribution in [2.45, 2.75) is 26.7 Å². The lowest BCUT2D eigenvalue weighted by Crippen LogP contribution is -2.40. The Morgan fingerprint density at radius 2 is 1.87 bits per heavy atom. The third-order valence-electron chi connectivity index (χ3n) is 5.88. The van der Waals surface area contributed by atoms with E-state index in [0.717, 1.165) is 59.7 Å². The van der Waals surface area contributed by atoms with E-state index in [2.05, 4.69) is 15.2 Å². The second-order valence-electron chi connectivity index (χ2n) is 7.94. The largest absolute Gasteiger partial charge is 0.483 e. The first-order chi connectivity index (χ1) is 14.6. The molecule has 2 heterocycles. The van der Waals surface area contributed by atoms with Crippen LogP contribution in [-0.4, -0.2) is 42.1 Å².